The zero-order valence-corrected chi connectivity index (χ0v) is 15.4. The second-order valence-electron chi connectivity index (χ2n) is 7.09. The van der Waals surface area contributed by atoms with Crippen molar-refractivity contribution < 1.29 is 4.74 Å². The lowest BCUT2D eigenvalue weighted by atomic mass is 10.0. The van der Waals surface area contributed by atoms with Crippen molar-refractivity contribution in [3.63, 3.8) is 0 Å². The van der Waals surface area contributed by atoms with Crippen molar-refractivity contribution in [2.45, 2.75) is 38.5 Å². The van der Waals surface area contributed by atoms with Gasteiger partial charge in [-0.05, 0) is 43.5 Å². The van der Waals surface area contributed by atoms with Crippen LogP contribution in [0.5, 0.6) is 0 Å². The highest BCUT2D eigenvalue weighted by atomic mass is 16.5. The highest BCUT2D eigenvalue weighted by Gasteiger charge is 2.20. The van der Waals surface area contributed by atoms with Gasteiger partial charge in [-0.3, -0.25) is 0 Å². The molecule has 2 aliphatic heterocycles. The molecule has 0 radical (unpaired) electrons. The van der Waals surface area contributed by atoms with Gasteiger partial charge in [-0.25, -0.2) is 4.98 Å². The van der Waals surface area contributed by atoms with E-state index in [9.17, 15) is 0 Å². The van der Waals surface area contributed by atoms with E-state index in [2.05, 4.69) is 39.8 Å². The van der Waals surface area contributed by atoms with Crippen molar-refractivity contribution in [2.75, 3.05) is 37.0 Å². The topological polar surface area (TPSA) is 62.3 Å². The SMILES string of the molecule is COCc1cc(NC2CCNCC2)nc(N2CCc3ccccc3C2)n1. The maximum Gasteiger partial charge on any atom is 0.227 e. The minimum absolute atomic E-state index is 0.469. The molecule has 138 valence electrons. The molecule has 6 nitrogen and oxygen atoms in total. The van der Waals surface area contributed by atoms with Crippen LogP contribution in [0.4, 0.5) is 11.8 Å². The standard InChI is InChI=1S/C20H27N5O/c1-26-14-18-12-19(22-17-6-9-21-10-7-17)24-20(23-18)25-11-8-15-4-2-3-5-16(15)13-25/h2-5,12,17,21H,6-11,13-14H2,1H3,(H,22,23,24). The van der Waals surface area contributed by atoms with Gasteiger partial charge in [0.1, 0.15) is 5.82 Å². The molecule has 3 heterocycles. The molecule has 6 heteroatoms. The van der Waals surface area contributed by atoms with Crippen LogP contribution in [0.15, 0.2) is 30.3 Å². The third kappa shape index (κ3) is 3.97. The molecule has 0 bridgehead atoms. The van der Waals surface area contributed by atoms with Crippen molar-refractivity contribution in [3.05, 3.63) is 47.2 Å². The molecule has 0 spiro atoms. The normalized spacial score (nSPS) is 17.8. The highest BCUT2D eigenvalue weighted by Crippen LogP contribution is 2.24. The molecule has 0 atom stereocenters. The fourth-order valence-electron chi connectivity index (χ4n) is 3.76. The van der Waals surface area contributed by atoms with Crippen LogP contribution in [0.2, 0.25) is 0 Å². The zero-order valence-electron chi connectivity index (χ0n) is 15.4. The predicted octanol–water partition coefficient (Wildman–Crippen LogP) is 2.35. The number of nitrogens with zero attached hydrogens (tertiary/aromatic N) is 3. The van der Waals surface area contributed by atoms with Crippen LogP contribution in [0, 0.1) is 0 Å². The van der Waals surface area contributed by atoms with Gasteiger partial charge in [0, 0.05) is 32.3 Å². The third-order valence-corrected chi connectivity index (χ3v) is 5.16. The molecule has 2 N–H and O–H groups in total. The smallest absolute Gasteiger partial charge is 0.227 e. The molecule has 1 aromatic carbocycles. The largest absolute Gasteiger partial charge is 0.378 e. The van der Waals surface area contributed by atoms with E-state index in [0.717, 1.165) is 62.9 Å². The van der Waals surface area contributed by atoms with Crippen LogP contribution in [-0.2, 0) is 24.3 Å². The summed E-state index contributed by atoms with van der Waals surface area (Å²) in [4.78, 5) is 11.9. The fourth-order valence-corrected chi connectivity index (χ4v) is 3.76. The summed E-state index contributed by atoms with van der Waals surface area (Å²) in [5.74, 6) is 1.71. The Kier molecular flexibility index (Phi) is 5.32. The summed E-state index contributed by atoms with van der Waals surface area (Å²) in [7, 11) is 1.71. The number of benzene rings is 1. The number of anilines is 2. The van der Waals surface area contributed by atoms with Crippen LogP contribution in [-0.4, -0.2) is 42.8 Å². The molecular weight excluding hydrogens is 326 g/mol. The molecule has 0 unspecified atom stereocenters. The predicted molar refractivity (Wildman–Crippen MR) is 103 cm³/mol. The Morgan fingerprint density at radius 3 is 2.81 bits per heavy atom. The summed E-state index contributed by atoms with van der Waals surface area (Å²) in [6, 6.07) is 11.1. The molecule has 0 amide bonds. The lowest BCUT2D eigenvalue weighted by molar-refractivity contribution is 0.181. The zero-order chi connectivity index (χ0) is 17.8. The Morgan fingerprint density at radius 2 is 2.00 bits per heavy atom. The van der Waals surface area contributed by atoms with Crippen molar-refractivity contribution in [3.8, 4) is 0 Å². The molecule has 2 aromatic rings. The highest BCUT2D eigenvalue weighted by molar-refractivity contribution is 5.47. The molecule has 1 saturated heterocycles. The maximum absolute atomic E-state index is 5.32. The van der Waals surface area contributed by atoms with E-state index < -0.39 is 0 Å². The van der Waals surface area contributed by atoms with Gasteiger partial charge in [0.05, 0.1) is 12.3 Å². The number of aromatic nitrogens is 2. The molecule has 4 rings (SSSR count). The average molecular weight is 353 g/mol. The quantitative estimate of drug-likeness (QED) is 0.860. The first-order valence-corrected chi connectivity index (χ1v) is 9.48. The fraction of sp³-hybridized carbons (Fsp3) is 0.500. The molecule has 0 aliphatic carbocycles. The summed E-state index contributed by atoms with van der Waals surface area (Å²) in [6.07, 6.45) is 3.27. The van der Waals surface area contributed by atoms with E-state index >= 15 is 0 Å². The van der Waals surface area contributed by atoms with Gasteiger partial charge in [0.2, 0.25) is 5.95 Å². The van der Waals surface area contributed by atoms with E-state index in [1.54, 1.807) is 7.11 Å². The van der Waals surface area contributed by atoms with E-state index in [1.165, 1.54) is 11.1 Å². The lowest BCUT2D eigenvalue weighted by Gasteiger charge is -2.30. The van der Waals surface area contributed by atoms with Crippen molar-refractivity contribution in [1.29, 1.82) is 0 Å². The van der Waals surface area contributed by atoms with Gasteiger partial charge in [-0.15, -0.1) is 0 Å². The first kappa shape index (κ1) is 17.2. The summed E-state index contributed by atoms with van der Waals surface area (Å²) in [5.41, 5.74) is 3.73. The Hall–Kier alpha value is -2.18. The van der Waals surface area contributed by atoms with Crippen molar-refractivity contribution in [2.24, 2.45) is 0 Å². The van der Waals surface area contributed by atoms with Crippen LogP contribution in [0.1, 0.15) is 29.7 Å². The van der Waals surface area contributed by atoms with Crippen molar-refractivity contribution >= 4 is 11.8 Å². The van der Waals surface area contributed by atoms with E-state index in [1.807, 2.05) is 6.07 Å². The number of methoxy groups -OCH3 is 1. The van der Waals surface area contributed by atoms with Gasteiger partial charge in [0.15, 0.2) is 0 Å². The van der Waals surface area contributed by atoms with Gasteiger partial charge >= 0.3 is 0 Å². The molecule has 0 saturated carbocycles. The maximum atomic E-state index is 5.32. The van der Waals surface area contributed by atoms with Crippen LogP contribution in [0.3, 0.4) is 0 Å². The molecule has 26 heavy (non-hydrogen) atoms. The first-order chi connectivity index (χ1) is 12.8. The van der Waals surface area contributed by atoms with E-state index in [4.69, 9.17) is 14.7 Å². The number of hydrogen-bond donors (Lipinski definition) is 2. The Bertz CT molecular complexity index is 745. The Balaban J connectivity index is 1.56. The summed E-state index contributed by atoms with van der Waals surface area (Å²) in [5, 5.41) is 7.01. The van der Waals surface area contributed by atoms with Gasteiger partial charge in [0.25, 0.3) is 0 Å². The number of piperidine rings is 1. The van der Waals surface area contributed by atoms with Crippen LogP contribution >= 0.6 is 0 Å². The second-order valence-corrected chi connectivity index (χ2v) is 7.09. The first-order valence-electron chi connectivity index (χ1n) is 9.48. The van der Waals surface area contributed by atoms with Crippen molar-refractivity contribution in [1.82, 2.24) is 15.3 Å². The monoisotopic (exact) mass is 353 g/mol. The minimum Gasteiger partial charge on any atom is -0.378 e. The summed E-state index contributed by atoms with van der Waals surface area (Å²) >= 11 is 0. The van der Waals surface area contributed by atoms with Gasteiger partial charge in [-0.1, -0.05) is 24.3 Å². The summed E-state index contributed by atoms with van der Waals surface area (Å²) < 4.78 is 5.32. The van der Waals surface area contributed by atoms with E-state index in [-0.39, 0.29) is 0 Å². The molecule has 1 aromatic heterocycles. The summed E-state index contributed by atoms with van der Waals surface area (Å²) in [6.45, 7) is 4.42. The number of rotatable bonds is 5. The molecule has 2 aliphatic rings. The number of hydrogen-bond acceptors (Lipinski definition) is 6. The Morgan fingerprint density at radius 1 is 1.19 bits per heavy atom. The van der Waals surface area contributed by atoms with Crippen LogP contribution < -0.4 is 15.5 Å². The second kappa shape index (κ2) is 8.01. The van der Waals surface area contributed by atoms with Gasteiger partial charge < -0.3 is 20.3 Å². The number of fused-ring (bicyclic) bond motifs is 1. The van der Waals surface area contributed by atoms with E-state index in [0.29, 0.717) is 12.6 Å². The van der Waals surface area contributed by atoms with Gasteiger partial charge in [-0.2, -0.15) is 4.98 Å². The molecule has 1 fully saturated rings. The molecular formula is C20H27N5O. The average Bonchev–Trinajstić information content (AvgIpc) is 2.68. The number of ether oxygens (including phenoxy) is 1. The number of nitrogens with one attached hydrogen (secondary N) is 2. The van der Waals surface area contributed by atoms with Crippen LogP contribution in [0.25, 0.3) is 0 Å². The third-order valence-electron chi connectivity index (χ3n) is 5.16. The minimum atomic E-state index is 0.469. The lowest BCUT2D eigenvalue weighted by Crippen LogP contribution is -2.36. The Labute approximate surface area is 155 Å².